The SMILES string of the molecule is Cc1oc(-c2ccc(-n3ccnc3)cc2)nc1CN1CCC(Oc2ccc(OC(F)(F)F)cc2)CC1. The summed E-state index contributed by atoms with van der Waals surface area (Å²) in [5.74, 6) is 1.65. The Bertz CT molecular complexity index is 1260. The Morgan fingerprint density at radius 1 is 1.00 bits per heavy atom. The summed E-state index contributed by atoms with van der Waals surface area (Å²) in [6.45, 7) is 4.24. The smallest absolute Gasteiger partial charge is 0.490 e. The van der Waals surface area contributed by atoms with Crippen LogP contribution in [0.3, 0.4) is 0 Å². The molecule has 0 spiro atoms. The zero-order chi connectivity index (χ0) is 25.1. The maximum atomic E-state index is 12.3. The van der Waals surface area contributed by atoms with Crippen molar-refractivity contribution in [3.05, 3.63) is 78.7 Å². The summed E-state index contributed by atoms with van der Waals surface area (Å²) in [5, 5.41) is 0. The third-order valence-electron chi connectivity index (χ3n) is 6.08. The van der Waals surface area contributed by atoms with Gasteiger partial charge >= 0.3 is 6.36 Å². The zero-order valence-electron chi connectivity index (χ0n) is 19.6. The van der Waals surface area contributed by atoms with Gasteiger partial charge in [0.05, 0.1) is 12.0 Å². The van der Waals surface area contributed by atoms with E-state index < -0.39 is 6.36 Å². The molecule has 0 N–H and O–H groups in total. The highest BCUT2D eigenvalue weighted by molar-refractivity contribution is 5.56. The molecule has 4 aromatic rings. The Labute approximate surface area is 206 Å². The fourth-order valence-corrected chi connectivity index (χ4v) is 4.20. The second-order valence-corrected chi connectivity index (χ2v) is 8.65. The highest BCUT2D eigenvalue weighted by Gasteiger charge is 2.31. The van der Waals surface area contributed by atoms with Crippen LogP contribution in [0, 0.1) is 6.92 Å². The van der Waals surface area contributed by atoms with Gasteiger partial charge in [-0.15, -0.1) is 13.2 Å². The highest BCUT2D eigenvalue weighted by Crippen LogP contribution is 2.28. The van der Waals surface area contributed by atoms with E-state index in [2.05, 4.69) is 14.6 Å². The molecule has 1 aliphatic rings. The Morgan fingerprint density at radius 3 is 2.33 bits per heavy atom. The average Bonchev–Trinajstić information content (AvgIpc) is 3.51. The van der Waals surface area contributed by atoms with Gasteiger partial charge in [-0.05, 0) is 68.3 Å². The molecule has 7 nitrogen and oxygen atoms in total. The third-order valence-corrected chi connectivity index (χ3v) is 6.08. The van der Waals surface area contributed by atoms with E-state index in [1.54, 1.807) is 12.5 Å². The molecular weight excluding hydrogens is 473 g/mol. The largest absolute Gasteiger partial charge is 0.573 e. The standard InChI is InChI=1S/C26H25F3N4O3/c1-18-24(31-25(34-18)19-2-4-20(5-3-19)33-15-12-30-17-33)16-32-13-10-22(11-14-32)35-21-6-8-23(9-7-21)36-26(27,28)29/h2-9,12,15,17,22H,10-11,13-14,16H2,1H3. The minimum Gasteiger partial charge on any atom is -0.490 e. The number of ether oxygens (including phenoxy) is 2. The Morgan fingerprint density at radius 2 is 1.69 bits per heavy atom. The van der Waals surface area contributed by atoms with Gasteiger partial charge in [-0.2, -0.15) is 0 Å². The van der Waals surface area contributed by atoms with E-state index in [-0.39, 0.29) is 11.9 Å². The molecule has 0 unspecified atom stereocenters. The van der Waals surface area contributed by atoms with Crippen molar-refractivity contribution in [2.24, 2.45) is 0 Å². The van der Waals surface area contributed by atoms with Crippen LogP contribution in [-0.2, 0) is 6.54 Å². The number of benzene rings is 2. The molecule has 2 aromatic carbocycles. The van der Waals surface area contributed by atoms with Gasteiger partial charge in [-0.1, -0.05) is 0 Å². The zero-order valence-corrected chi connectivity index (χ0v) is 19.6. The number of imidazole rings is 1. The van der Waals surface area contributed by atoms with Crippen LogP contribution in [-0.4, -0.2) is 45.0 Å². The molecule has 2 aromatic heterocycles. The molecular formula is C26H25F3N4O3. The van der Waals surface area contributed by atoms with Crippen LogP contribution in [0.5, 0.6) is 11.5 Å². The van der Waals surface area contributed by atoms with Crippen molar-refractivity contribution >= 4 is 0 Å². The molecule has 1 fully saturated rings. The normalized spacial score (nSPS) is 15.2. The first-order valence-electron chi connectivity index (χ1n) is 11.6. The Hall–Kier alpha value is -3.79. The predicted octanol–water partition coefficient (Wildman–Crippen LogP) is 5.78. The minimum absolute atomic E-state index is 0.00128. The van der Waals surface area contributed by atoms with E-state index in [9.17, 15) is 13.2 Å². The summed E-state index contributed by atoms with van der Waals surface area (Å²) in [7, 11) is 0. The second-order valence-electron chi connectivity index (χ2n) is 8.65. The molecule has 0 atom stereocenters. The summed E-state index contributed by atoms with van der Waals surface area (Å²) in [4.78, 5) is 11.1. The average molecular weight is 499 g/mol. The number of aryl methyl sites for hydroxylation is 1. The van der Waals surface area contributed by atoms with Crippen molar-refractivity contribution in [1.82, 2.24) is 19.4 Å². The lowest BCUT2D eigenvalue weighted by Gasteiger charge is -2.31. The lowest BCUT2D eigenvalue weighted by atomic mass is 10.1. The van der Waals surface area contributed by atoms with E-state index in [4.69, 9.17) is 14.1 Å². The third kappa shape index (κ3) is 5.88. The van der Waals surface area contributed by atoms with Crippen molar-refractivity contribution in [3.63, 3.8) is 0 Å². The minimum atomic E-state index is -4.70. The molecule has 0 bridgehead atoms. The van der Waals surface area contributed by atoms with Crippen molar-refractivity contribution in [1.29, 1.82) is 0 Å². The van der Waals surface area contributed by atoms with Crippen molar-refractivity contribution in [2.75, 3.05) is 13.1 Å². The van der Waals surface area contributed by atoms with Crippen LogP contribution in [0.2, 0.25) is 0 Å². The molecule has 188 valence electrons. The molecule has 0 saturated carbocycles. The van der Waals surface area contributed by atoms with Crippen molar-refractivity contribution in [2.45, 2.75) is 38.8 Å². The lowest BCUT2D eigenvalue weighted by Crippen LogP contribution is -2.38. The van der Waals surface area contributed by atoms with Crippen LogP contribution >= 0.6 is 0 Å². The van der Waals surface area contributed by atoms with E-state index in [1.807, 2.05) is 42.0 Å². The molecule has 10 heteroatoms. The number of likely N-dealkylation sites (tertiary alicyclic amines) is 1. The maximum Gasteiger partial charge on any atom is 0.573 e. The highest BCUT2D eigenvalue weighted by atomic mass is 19.4. The van der Waals surface area contributed by atoms with Crippen LogP contribution in [0.15, 0.2) is 71.7 Å². The number of rotatable bonds is 7. The first-order valence-corrected chi connectivity index (χ1v) is 11.6. The molecule has 0 amide bonds. The molecule has 36 heavy (non-hydrogen) atoms. The van der Waals surface area contributed by atoms with Crippen molar-refractivity contribution in [3.8, 4) is 28.6 Å². The number of nitrogens with zero attached hydrogens (tertiary/aromatic N) is 4. The van der Waals surface area contributed by atoms with E-state index in [1.165, 1.54) is 24.3 Å². The monoisotopic (exact) mass is 498 g/mol. The van der Waals surface area contributed by atoms with Gasteiger partial charge in [0, 0.05) is 43.3 Å². The lowest BCUT2D eigenvalue weighted by molar-refractivity contribution is -0.274. The predicted molar refractivity (Wildman–Crippen MR) is 126 cm³/mol. The Kier molecular flexibility index (Phi) is 6.69. The summed E-state index contributed by atoms with van der Waals surface area (Å²) >= 11 is 0. The summed E-state index contributed by atoms with van der Waals surface area (Å²) in [5.41, 5.74) is 2.82. The van der Waals surface area contributed by atoms with Crippen LogP contribution < -0.4 is 9.47 Å². The molecule has 1 aliphatic heterocycles. The fraction of sp³-hybridized carbons (Fsp3) is 0.308. The molecule has 0 aliphatic carbocycles. The van der Waals surface area contributed by atoms with E-state index in [0.717, 1.165) is 48.6 Å². The number of hydrogen-bond acceptors (Lipinski definition) is 6. The number of oxazole rings is 1. The van der Waals surface area contributed by atoms with Gasteiger partial charge in [0.1, 0.15) is 23.4 Å². The van der Waals surface area contributed by atoms with E-state index in [0.29, 0.717) is 18.2 Å². The van der Waals surface area contributed by atoms with Crippen molar-refractivity contribution < 1.29 is 27.1 Å². The molecule has 1 saturated heterocycles. The summed E-state index contributed by atoms with van der Waals surface area (Å²) in [6, 6.07) is 13.5. The first kappa shape index (κ1) is 23.9. The fourth-order valence-electron chi connectivity index (χ4n) is 4.20. The van der Waals surface area contributed by atoms with Crippen LogP contribution in [0.25, 0.3) is 17.1 Å². The van der Waals surface area contributed by atoms with Gasteiger partial charge in [-0.3, -0.25) is 4.90 Å². The Balaban J connectivity index is 1.13. The second kappa shape index (κ2) is 10.1. The summed E-state index contributed by atoms with van der Waals surface area (Å²) < 4.78 is 54.7. The van der Waals surface area contributed by atoms with Gasteiger partial charge in [0.2, 0.25) is 5.89 Å². The molecule has 0 radical (unpaired) electrons. The number of hydrogen-bond donors (Lipinski definition) is 0. The van der Waals surface area contributed by atoms with E-state index >= 15 is 0 Å². The topological polar surface area (TPSA) is 65.6 Å². The van der Waals surface area contributed by atoms with Crippen LogP contribution in [0.4, 0.5) is 13.2 Å². The quantitative estimate of drug-likeness (QED) is 0.322. The van der Waals surface area contributed by atoms with Crippen LogP contribution in [0.1, 0.15) is 24.3 Å². The molecule has 3 heterocycles. The van der Waals surface area contributed by atoms with Gasteiger partial charge in [-0.25, -0.2) is 9.97 Å². The van der Waals surface area contributed by atoms with Gasteiger partial charge in [0.15, 0.2) is 0 Å². The number of piperidine rings is 1. The number of halogens is 3. The number of aromatic nitrogens is 3. The molecule has 5 rings (SSSR count). The summed E-state index contributed by atoms with van der Waals surface area (Å²) in [6.07, 6.45) is 2.28. The van der Waals surface area contributed by atoms with Gasteiger partial charge < -0.3 is 18.5 Å². The first-order chi connectivity index (χ1) is 17.3. The van der Waals surface area contributed by atoms with Gasteiger partial charge in [0.25, 0.3) is 0 Å². The maximum absolute atomic E-state index is 12.3. The number of alkyl halides is 3.